The summed E-state index contributed by atoms with van der Waals surface area (Å²) in [5.74, 6) is 0. The lowest BCUT2D eigenvalue weighted by Crippen LogP contribution is -2.57. The van der Waals surface area contributed by atoms with Gasteiger partial charge in [-0.3, -0.25) is 0 Å². The third-order valence-electron chi connectivity index (χ3n) is 5.68. The lowest BCUT2D eigenvalue weighted by Gasteiger charge is -2.55. The Balaban J connectivity index is 1.59. The molecule has 2 heterocycles. The molecule has 2 nitrogen and oxygen atoms in total. The van der Waals surface area contributed by atoms with Crippen molar-refractivity contribution in [2.24, 2.45) is 5.41 Å². The van der Waals surface area contributed by atoms with Gasteiger partial charge in [0.15, 0.2) is 0 Å². The summed E-state index contributed by atoms with van der Waals surface area (Å²) in [6.07, 6.45) is 1.75. The number of ether oxygens (including phenoxy) is 1. The van der Waals surface area contributed by atoms with Crippen LogP contribution in [0.1, 0.15) is 31.2 Å². The highest BCUT2D eigenvalue weighted by Gasteiger charge is 2.69. The highest BCUT2D eigenvalue weighted by Crippen LogP contribution is 2.68. The van der Waals surface area contributed by atoms with Crippen LogP contribution in [0, 0.1) is 5.41 Å². The first-order valence-electron chi connectivity index (χ1n) is 8.03. The topological polar surface area (TPSA) is 12.5 Å². The molecule has 1 aromatic rings. The van der Waals surface area contributed by atoms with Crippen LogP contribution in [0.5, 0.6) is 0 Å². The zero-order valence-electron chi connectivity index (χ0n) is 12.9. The molecular formula is C18H20F3NO. The Labute approximate surface area is 133 Å². The normalized spacial score (nSPS) is 35.1. The number of halogens is 3. The lowest BCUT2D eigenvalue weighted by molar-refractivity contribution is -0.137. The van der Waals surface area contributed by atoms with Crippen molar-refractivity contribution in [1.82, 2.24) is 0 Å². The van der Waals surface area contributed by atoms with Gasteiger partial charge in [-0.25, -0.2) is 0 Å². The van der Waals surface area contributed by atoms with Gasteiger partial charge in [-0.2, -0.15) is 13.2 Å². The SMILES string of the molecule is C=CCOC1CC23CN(c4cccc(C(F)(F)F)c4)C(C1)(C2)C3. The fourth-order valence-corrected chi connectivity index (χ4v) is 5.13. The molecule has 0 radical (unpaired) electrons. The predicted octanol–water partition coefficient (Wildman–Crippen LogP) is 4.41. The van der Waals surface area contributed by atoms with E-state index in [-0.39, 0.29) is 17.1 Å². The van der Waals surface area contributed by atoms with Crippen molar-refractivity contribution in [2.75, 3.05) is 18.1 Å². The quantitative estimate of drug-likeness (QED) is 0.761. The second kappa shape index (κ2) is 4.76. The molecule has 23 heavy (non-hydrogen) atoms. The summed E-state index contributed by atoms with van der Waals surface area (Å²) in [5.41, 5.74) is 0.359. The van der Waals surface area contributed by atoms with Crippen molar-refractivity contribution >= 4 is 5.69 Å². The van der Waals surface area contributed by atoms with Crippen LogP contribution in [0.2, 0.25) is 0 Å². The minimum absolute atomic E-state index is 0.00565. The van der Waals surface area contributed by atoms with Crippen LogP contribution in [-0.2, 0) is 10.9 Å². The van der Waals surface area contributed by atoms with Gasteiger partial charge in [0.05, 0.1) is 18.3 Å². The number of nitrogens with zero attached hydrogens (tertiary/aromatic N) is 1. The van der Waals surface area contributed by atoms with Crippen LogP contribution in [-0.4, -0.2) is 24.8 Å². The van der Waals surface area contributed by atoms with Crippen molar-refractivity contribution in [3.8, 4) is 0 Å². The largest absolute Gasteiger partial charge is 0.416 e. The molecule has 2 aliphatic heterocycles. The molecule has 5 aliphatic rings. The summed E-state index contributed by atoms with van der Waals surface area (Å²) in [7, 11) is 0. The predicted molar refractivity (Wildman–Crippen MR) is 82.4 cm³/mol. The minimum atomic E-state index is -4.29. The van der Waals surface area contributed by atoms with E-state index in [0.29, 0.717) is 12.3 Å². The van der Waals surface area contributed by atoms with E-state index in [0.717, 1.165) is 38.3 Å². The number of hydrogen-bond donors (Lipinski definition) is 0. The molecule has 3 aliphatic carbocycles. The van der Waals surface area contributed by atoms with E-state index in [9.17, 15) is 13.2 Å². The summed E-state index contributed by atoms with van der Waals surface area (Å²) < 4.78 is 44.8. The number of rotatable bonds is 4. The van der Waals surface area contributed by atoms with Gasteiger partial charge in [-0.05, 0) is 49.3 Å². The van der Waals surface area contributed by atoms with Crippen LogP contribution in [0.15, 0.2) is 36.9 Å². The van der Waals surface area contributed by atoms with E-state index < -0.39 is 11.7 Å². The van der Waals surface area contributed by atoms with Crippen LogP contribution in [0.3, 0.4) is 0 Å². The van der Waals surface area contributed by atoms with Gasteiger partial charge >= 0.3 is 6.18 Å². The first-order valence-corrected chi connectivity index (χ1v) is 8.03. The number of fused-ring (bicyclic) bond motifs is 3. The monoisotopic (exact) mass is 323 g/mol. The number of alkyl halides is 3. The number of benzene rings is 1. The molecule has 2 saturated heterocycles. The van der Waals surface area contributed by atoms with Crippen molar-refractivity contribution < 1.29 is 17.9 Å². The average Bonchev–Trinajstić information content (AvgIpc) is 2.89. The minimum Gasteiger partial charge on any atom is -0.374 e. The molecule has 2 bridgehead atoms. The molecule has 0 amide bonds. The van der Waals surface area contributed by atoms with Crippen LogP contribution < -0.4 is 4.90 Å². The Morgan fingerprint density at radius 2 is 2.09 bits per heavy atom. The van der Waals surface area contributed by atoms with E-state index in [2.05, 4.69) is 11.5 Å². The van der Waals surface area contributed by atoms with Crippen molar-refractivity contribution in [2.45, 2.75) is 43.5 Å². The molecule has 5 fully saturated rings. The maximum absolute atomic E-state index is 13.0. The van der Waals surface area contributed by atoms with Crippen LogP contribution in [0.4, 0.5) is 18.9 Å². The molecule has 0 spiro atoms. The van der Waals surface area contributed by atoms with E-state index in [1.807, 2.05) is 0 Å². The summed E-state index contributed by atoms with van der Waals surface area (Å²) >= 11 is 0. The zero-order valence-corrected chi connectivity index (χ0v) is 12.9. The Kier molecular flexibility index (Phi) is 3.12. The Bertz CT molecular complexity index is 633. The summed E-state index contributed by atoms with van der Waals surface area (Å²) in [6.45, 7) is 5.07. The van der Waals surface area contributed by atoms with Gasteiger partial charge in [0.1, 0.15) is 0 Å². The van der Waals surface area contributed by atoms with Crippen molar-refractivity contribution in [1.29, 1.82) is 0 Å². The Morgan fingerprint density at radius 1 is 1.30 bits per heavy atom. The molecule has 1 atom stereocenters. The Morgan fingerprint density at radius 3 is 2.78 bits per heavy atom. The Hall–Kier alpha value is -1.49. The van der Waals surface area contributed by atoms with Crippen LogP contribution >= 0.6 is 0 Å². The van der Waals surface area contributed by atoms with E-state index in [1.54, 1.807) is 12.1 Å². The van der Waals surface area contributed by atoms with E-state index >= 15 is 0 Å². The van der Waals surface area contributed by atoms with Gasteiger partial charge in [0.2, 0.25) is 0 Å². The first-order chi connectivity index (χ1) is 10.9. The molecule has 0 N–H and O–H groups in total. The molecule has 5 heteroatoms. The fraction of sp³-hybridized carbons (Fsp3) is 0.556. The molecule has 1 aromatic carbocycles. The third kappa shape index (κ3) is 2.28. The van der Waals surface area contributed by atoms with Gasteiger partial charge in [0, 0.05) is 17.8 Å². The van der Waals surface area contributed by atoms with Gasteiger partial charge in [-0.15, -0.1) is 6.58 Å². The first kappa shape index (κ1) is 15.1. The summed E-state index contributed by atoms with van der Waals surface area (Å²) in [4.78, 5) is 2.21. The smallest absolute Gasteiger partial charge is 0.374 e. The zero-order chi connectivity index (χ0) is 16.3. The van der Waals surface area contributed by atoms with E-state index in [1.165, 1.54) is 12.1 Å². The number of hydrogen-bond acceptors (Lipinski definition) is 2. The molecule has 3 saturated carbocycles. The highest BCUT2D eigenvalue weighted by molar-refractivity contribution is 5.57. The van der Waals surface area contributed by atoms with Crippen molar-refractivity contribution in [3.05, 3.63) is 42.5 Å². The third-order valence-corrected chi connectivity index (χ3v) is 5.68. The summed E-state index contributed by atoms with van der Waals surface area (Å²) in [5, 5.41) is 0. The number of anilines is 1. The van der Waals surface area contributed by atoms with Gasteiger partial charge in [-0.1, -0.05) is 12.1 Å². The fourth-order valence-electron chi connectivity index (χ4n) is 5.13. The molecule has 0 aromatic heterocycles. The molecule has 1 unspecified atom stereocenters. The maximum atomic E-state index is 13.0. The van der Waals surface area contributed by atoms with E-state index in [4.69, 9.17) is 4.74 Å². The van der Waals surface area contributed by atoms with Crippen LogP contribution in [0.25, 0.3) is 0 Å². The average molecular weight is 323 g/mol. The molecule has 124 valence electrons. The summed E-state index contributed by atoms with van der Waals surface area (Å²) in [6, 6.07) is 5.75. The van der Waals surface area contributed by atoms with Crippen molar-refractivity contribution in [3.63, 3.8) is 0 Å². The molecular weight excluding hydrogens is 303 g/mol. The standard InChI is InChI=1S/C18H20F3NO/c1-2-6-23-15-8-16-10-17(9-15,11-16)22(12-16)14-5-3-4-13(7-14)18(19,20)21/h2-5,7,15H,1,6,8-12H2. The van der Waals surface area contributed by atoms with Gasteiger partial charge in [0.25, 0.3) is 0 Å². The maximum Gasteiger partial charge on any atom is 0.416 e. The second-order valence-electron chi connectivity index (χ2n) is 7.36. The highest BCUT2D eigenvalue weighted by atomic mass is 19.4. The molecule has 6 rings (SSSR count). The second-order valence-corrected chi connectivity index (χ2v) is 7.36. The lowest BCUT2D eigenvalue weighted by atomic mass is 9.53. The van der Waals surface area contributed by atoms with Gasteiger partial charge < -0.3 is 9.64 Å².